The standard InChI is InChI=1S/C11H16N2O5S2/c1-7(2)12-10(14)5-13(3)20(17,18)8-4-9(11(15)16)19-6-8/h4,6-7H,5H2,1-3H3,(H,12,14)(H,15,16). The van der Waals surface area contributed by atoms with Crippen molar-refractivity contribution in [1.29, 1.82) is 0 Å². The first-order valence-electron chi connectivity index (χ1n) is 5.72. The van der Waals surface area contributed by atoms with Crippen LogP contribution in [0.3, 0.4) is 0 Å². The van der Waals surface area contributed by atoms with Crippen molar-refractivity contribution < 1.29 is 23.1 Å². The van der Waals surface area contributed by atoms with Crippen LogP contribution >= 0.6 is 11.3 Å². The van der Waals surface area contributed by atoms with Crippen molar-refractivity contribution in [2.45, 2.75) is 24.8 Å². The highest BCUT2D eigenvalue weighted by molar-refractivity contribution is 7.89. The summed E-state index contributed by atoms with van der Waals surface area (Å²) in [6.45, 7) is 3.22. The van der Waals surface area contributed by atoms with Crippen LogP contribution in [0.15, 0.2) is 16.3 Å². The second-order valence-electron chi connectivity index (χ2n) is 4.44. The number of hydrogen-bond donors (Lipinski definition) is 2. The average molecular weight is 320 g/mol. The summed E-state index contributed by atoms with van der Waals surface area (Å²) >= 11 is 0.826. The van der Waals surface area contributed by atoms with E-state index in [2.05, 4.69) is 5.32 Å². The molecule has 1 heterocycles. The summed E-state index contributed by atoms with van der Waals surface area (Å²) in [6.07, 6.45) is 0. The van der Waals surface area contributed by atoms with Crippen molar-refractivity contribution in [2.75, 3.05) is 13.6 Å². The van der Waals surface area contributed by atoms with E-state index in [0.717, 1.165) is 21.7 Å². The minimum absolute atomic E-state index is 0.0661. The molecule has 0 bridgehead atoms. The number of sulfonamides is 1. The van der Waals surface area contributed by atoms with Gasteiger partial charge in [0.05, 0.1) is 11.4 Å². The van der Waals surface area contributed by atoms with E-state index in [-0.39, 0.29) is 22.4 Å². The van der Waals surface area contributed by atoms with Gasteiger partial charge >= 0.3 is 5.97 Å². The third-order valence-electron chi connectivity index (χ3n) is 2.31. The molecule has 1 amide bonds. The number of carboxylic acids is 1. The summed E-state index contributed by atoms with van der Waals surface area (Å²) in [5, 5.41) is 12.6. The summed E-state index contributed by atoms with van der Waals surface area (Å²) < 4.78 is 25.2. The van der Waals surface area contributed by atoms with Gasteiger partial charge in [0.2, 0.25) is 15.9 Å². The van der Waals surface area contributed by atoms with Gasteiger partial charge in [-0.25, -0.2) is 13.2 Å². The summed E-state index contributed by atoms with van der Waals surface area (Å²) in [4.78, 5) is 22.1. The number of rotatable bonds is 6. The Hall–Kier alpha value is -1.45. The molecule has 20 heavy (non-hydrogen) atoms. The van der Waals surface area contributed by atoms with Crippen molar-refractivity contribution in [1.82, 2.24) is 9.62 Å². The average Bonchev–Trinajstić information content (AvgIpc) is 2.77. The van der Waals surface area contributed by atoms with E-state index in [1.165, 1.54) is 12.4 Å². The molecule has 0 fully saturated rings. The van der Waals surface area contributed by atoms with Crippen molar-refractivity contribution in [2.24, 2.45) is 0 Å². The lowest BCUT2D eigenvalue weighted by atomic mass is 10.4. The molecule has 0 radical (unpaired) electrons. The van der Waals surface area contributed by atoms with Crippen LogP contribution in [0.2, 0.25) is 0 Å². The predicted octanol–water partition coefficient (Wildman–Crippen LogP) is 0.591. The lowest BCUT2D eigenvalue weighted by molar-refractivity contribution is -0.121. The van der Waals surface area contributed by atoms with E-state index in [4.69, 9.17) is 5.11 Å². The van der Waals surface area contributed by atoms with Crippen LogP contribution in [-0.4, -0.2) is 49.3 Å². The highest BCUT2D eigenvalue weighted by Crippen LogP contribution is 2.21. The van der Waals surface area contributed by atoms with Gasteiger partial charge in [-0.1, -0.05) is 0 Å². The molecule has 0 aliphatic carbocycles. The van der Waals surface area contributed by atoms with Gasteiger partial charge in [0.15, 0.2) is 0 Å². The predicted molar refractivity (Wildman–Crippen MR) is 74.4 cm³/mol. The number of likely N-dealkylation sites (N-methyl/N-ethyl adjacent to an activating group) is 1. The molecule has 2 N–H and O–H groups in total. The summed E-state index contributed by atoms with van der Waals surface area (Å²) in [5.74, 6) is -1.60. The van der Waals surface area contributed by atoms with Gasteiger partial charge in [0.25, 0.3) is 0 Å². The molecule has 0 aliphatic heterocycles. The molecule has 0 aliphatic rings. The number of hydrogen-bond acceptors (Lipinski definition) is 5. The molecule has 0 unspecified atom stereocenters. The smallest absolute Gasteiger partial charge is 0.345 e. The fourth-order valence-corrected chi connectivity index (χ4v) is 3.63. The van der Waals surface area contributed by atoms with Gasteiger partial charge in [0, 0.05) is 18.5 Å². The lowest BCUT2D eigenvalue weighted by Crippen LogP contribution is -2.40. The third kappa shape index (κ3) is 4.02. The van der Waals surface area contributed by atoms with Crippen molar-refractivity contribution >= 4 is 33.2 Å². The number of amides is 1. The van der Waals surface area contributed by atoms with E-state index in [1.807, 2.05) is 0 Å². The van der Waals surface area contributed by atoms with Gasteiger partial charge in [-0.15, -0.1) is 11.3 Å². The Balaban J connectivity index is 2.86. The second-order valence-corrected chi connectivity index (χ2v) is 7.39. The van der Waals surface area contributed by atoms with Gasteiger partial charge in [0.1, 0.15) is 4.88 Å². The Morgan fingerprint density at radius 1 is 1.45 bits per heavy atom. The summed E-state index contributed by atoms with van der Waals surface area (Å²) in [5.41, 5.74) is 0. The van der Waals surface area contributed by atoms with Gasteiger partial charge in [-0.05, 0) is 19.9 Å². The number of thiophene rings is 1. The number of carboxylic acid groups (broad SMARTS) is 1. The first-order chi connectivity index (χ1) is 9.14. The maximum Gasteiger partial charge on any atom is 0.345 e. The SMILES string of the molecule is CC(C)NC(=O)CN(C)S(=O)(=O)c1csc(C(=O)O)c1. The van der Waals surface area contributed by atoms with Gasteiger partial charge < -0.3 is 10.4 Å². The van der Waals surface area contributed by atoms with E-state index < -0.39 is 21.9 Å². The van der Waals surface area contributed by atoms with Crippen LogP contribution in [0.1, 0.15) is 23.5 Å². The molecular weight excluding hydrogens is 304 g/mol. The fraction of sp³-hybridized carbons (Fsp3) is 0.455. The van der Waals surface area contributed by atoms with Crippen LogP contribution in [0.25, 0.3) is 0 Å². The molecule has 1 aromatic heterocycles. The molecule has 9 heteroatoms. The quantitative estimate of drug-likeness (QED) is 0.798. The number of carbonyl (C=O) groups excluding carboxylic acids is 1. The normalized spacial score (nSPS) is 11.8. The highest BCUT2D eigenvalue weighted by Gasteiger charge is 2.25. The molecule has 7 nitrogen and oxygen atoms in total. The number of nitrogens with zero attached hydrogens (tertiary/aromatic N) is 1. The Morgan fingerprint density at radius 2 is 2.05 bits per heavy atom. The molecule has 1 rings (SSSR count). The van der Waals surface area contributed by atoms with E-state index in [1.54, 1.807) is 13.8 Å². The zero-order valence-corrected chi connectivity index (χ0v) is 12.9. The summed E-state index contributed by atoms with van der Waals surface area (Å²) in [7, 11) is -2.59. The molecule has 1 aromatic rings. The first kappa shape index (κ1) is 16.6. The maximum atomic E-state index is 12.1. The van der Waals surface area contributed by atoms with E-state index in [0.29, 0.717) is 0 Å². The first-order valence-corrected chi connectivity index (χ1v) is 8.04. The van der Waals surface area contributed by atoms with Crippen molar-refractivity contribution in [3.8, 4) is 0 Å². The number of aromatic carboxylic acids is 1. The molecule has 0 saturated carbocycles. The second kappa shape index (κ2) is 6.33. The Kier molecular flexibility index (Phi) is 5.26. The zero-order valence-electron chi connectivity index (χ0n) is 11.3. The molecular formula is C11H16N2O5S2. The third-order valence-corrected chi connectivity index (χ3v) is 5.16. The molecule has 112 valence electrons. The lowest BCUT2D eigenvalue weighted by Gasteiger charge is -2.17. The molecule has 0 spiro atoms. The molecule has 0 saturated heterocycles. The highest BCUT2D eigenvalue weighted by atomic mass is 32.2. The van der Waals surface area contributed by atoms with Crippen molar-refractivity contribution in [3.05, 3.63) is 16.3 Å². The van der Waals surface area contributed by atoms with Crippen LogP contribution in [0.5, 0.6) is 0 Å². The van der Waals surface area contributed by atoms with Crippen molar-refractivity contribution in [3.63, 3.8) is 0 Å². The molecule has 0 aromatic carbocycles. The Bertz CT molecular complexity index is 606. The molecule has 0 atom stereocenters. The Labute approximate surface area is 121 Å². The monoisotopic (exact) mass is 320 g/mol. The minimum atomic E-state index is -3.86. The van der Waals surface area contributed by atoms with Crippen LogP contribution < -0.4 is 5.32 Å². The van der Waals surface area contributed by atoms with Gasteiger partial charge in [-0.2, -0.15) is 4.31 Å². The Morgan fingerprint density at radius 3 is 2.50 bits per heavy atom. The van der Waals surface area contributed by atoms with Crippen LogP contribution in [0.4, 0.5) is 0 Å². The topological polar surface area (TPSA) is 104 Å². The van der Waals surface area contributed by atoms with Crippen LogP contribution in [0, 0.1) is 0 Å². The minimum Gasteiger partial charge on any atom is -0.477 e. The number of carbonyl (C=O) groups is 2. The zero-order chi connectivity index (χ0) is 15.5. The summed E-state index contributed by atoms with van der Waals surface area (Å²) in [6, 6.07) is 0.998. The van der Waals surface area contributed by atoms with Gasteiger partial charge in [-0.3, -0.25) is 4.79 Å². The van der Waals surface area contributed by atoms with Crippen LogP contribution in [-0.2, 0) is 14.8 Å². The maximum absolute atomic E-state index is 12.1. The fourth-order valence-electron chi connectivity index (χ4n) is 1.40. The van der Waals surface area contributed by atoms with E-state index in [9.17, 15) is 18.0 Å². The number of nitrogens with one attached hydrogen (secondary N) is 1. The largest absolute Gasteiger partial charge is 0.477 e. The van der Waals surface area contributed by atoms with E-state index >= 15 is 0 Å².